The predicted octanol–water partition coefficient (Wildman–Crippen LogP) is 2.27. The monoisotopic (exact) mass is 238 g/mol. The number of hydrogen-bond acceptors (Lipinski definition) is 2. The maximum Gasteiger partial charge on any atom is 0.152 e. The van der Waals surface area contributed by atoms with Gasteiger partial charge in [0.05, 0.1) is 17.4 Å². The van der Waals surface area contributed by atoms with Crippen molar-refractivity contribution in [2.24, 2.45) is 0 Å². The quantitative estimate of drug-likeness (QED) is 0.645. The maximum absolute atomic E-state index is 10.8. The molecule has 13 heavy (non-hydrogen) atoms. The van der Waals surface area contributed by atoms with Crippen LogP contribution < -0.4 is 0 Å². The van der Waals surface area contributed by atoms with Crippen LogP contribution >= 0.6 is 15.9 Å². The Bertz CT molecular complexity index is 450. The molecule has 0 aliphatic carbocycles. The van der Waals surface area contributed by atoms with Gasteiger partial charge in [-0.05, 0) is 11.6 Å². The van der Waals surface area contributed by atoms with Crippen LogP contribution in [-0.4, -0.2) is 16.3 Å². The Morgan fingerprint density at radius 2 is 2.38 bits per heavy atom. The molecule has 1 aromatic carbocycles. The van der Waals surface area contributed by atoms with Gasteiger partial charge in [-0.2, -0.15) is 0 Å². The third-order valence-electron chi connectivity index (χ3n) is 1.98. The minimum absolute atomic E-state index is 0.663. The summed E-state index contributed by atoms with van der Waals surface area (Å²) in [5.74, 6) is 0. The number of rotatable bonds is 2. The predicted molar refractivity (Wildman–Crippen MR) is 54.1 cm³/mol. The van der Waals surface area contributed by atoms with Crippen molar-refractivity contribution in [1.29, 1.82) is 0 Å². The highest BCUT2D eigenvalue weighted by molar-refractivity contribution is 9.08. The Balaban J connectivity index is 2.81. The number of carbonyl (C=O) groups is 1. The van der Waals surface area contributed by atoms with Crippen LogP contribution in [0.5, 0.6) is 0 Å². The molecule has 0 radical (unpaired) electrons. The maximum atomic E-state index is 10.8. The molecule has 2 aromatic rings. The molecule has 0 amide bonds. The summed E-state index contributed by atoms with van der Waals surface area (Å²) < 4.78 is 0. The van der Waals surface area contributed by atoms with E-state index >= 15 is 0 Å². The van der Waals surface area contributed by atoms with E-state index < -0.39 is 0 Å². The highest BCUT2D eigenvalue weighted by Gasteiger charge is 2.07. The molecule has 0 spiro atoms. The van der Waals surface area contributed by atoms with Crippen molar-refractivity contribution in [3.05, 3.63) is 29.6 Å². The summed E-state index contributed by atoms with van der Waals surface area (Å²) in [5.41, 5.74) is 3.27. The van der Waals surface area contributed by atoms with Gasteiger partial charge in [-0.3, -0.25) is 4.79 Å². The average Bonchev–Trinajstić information content (AvgIpc) is 2.63. The average molecular weight is 239 g/mol. The highest BCUT2D eigenvalue weighted by Crippen LogP contribution is 2.19. The highest BCUT2D eigenvalue weighted by atomic mass is 79.9. The van der Waals surface area contributed by atoms with Crippen LogP contribution in [0.2, 0.25) is 0 Å². The second-order valence-electron chi connectivity index (χ2n) is 2.69. The zero-order valence-corrected chi connectivity index (χ0v) is 8.34. The lowest BCUT2D eigenvalue weighted by Crippen LogP contribution is -1.90. The van der Waals surface area contributed by atoms with Gasteiger partial charge in [-0.25, -0.2) is 4.98 Å². The van der Waals surface area contributed by atoms with Crippen molar-refractivity contribution in [2.75, 3.05) is 0 Å². The number of nitrogens with one attached hydrogen (secondary N) is 1. The van der Waals surface area contributed by atoms with Gasteiger partial charge in [0.1, 0.15) is 0 Å². The molecular weight excluding hydrogens is 232 g/mol. The van der Waals surface area contributed by atoms with Crippen LogP contribution in [0.4, 0.5) is 0 Å². The molecule has 3 nitrogen and oxygen atoms in total. The topological polar surface area (TPSA) is 45.8 Å². The van der Waals surface area contributed by atoms with E-state index in [2.05, 4.69) is 25.9 Å². The van der Waals surface area contributed by atoms with E-state index in [1.807, 2.05) is 12.1 Å². The molecule has 0 aliphatic heterocycles. The second-order valence-corrected chi connectivity index (χ2v) is 3.25. The van der Waals surface area contributed by atoms with Crippen LogP contribution in [-0.2, 0) is 5.33 Å². The number of aldehydes is 1. The van der Waals surface area contributed by atoms with Gasteiger partial charge in [0, 0.05) is 10.9 Å². The summed E-state index contributed by atoms with van der Waals surface area (Å²) in [6.07, 6.45) is 2.44. The fourth-order valence-corrected chi connectivity index (χ4v) is 1.81. The van der Waals surface area contributed by atoms with Crippen LogP contribution in [0.15, 0.2) is 18.5 Å². The number of nitrogens with zero attached hydrogens (tertiary/aromatic N) is 1. The lowest BCUT2D eigenvalue weighted by Gasteiger charge is -1.99. The van der Waals surface area contributed by atoms with Crippen molar-refractivity contribution >= 4 is 33.2 Å². The number of aromatic nitrogens is 2. The lowest BCUT2D eigenvalue weighted by molar-refractivity contribution is 0.112. The molecule has 0 saturated carbocycles. The first-order chi connectivity index (χ1) is 6.36. The Labute approximate surface area is 83.3 Å². The fraction of sp³-hybridized carbons (Fsp3) is 0.111. The van der Waals surface area contributed by atoms with Crippen LogP contribution in [0.25, 0.3) is 11.0 Å². The normalized spacial score (nSPS) is 10.5. The molecule has 0 bridgehead atoms. The number of hydrogen-bond donors (Lipinski definition) is 1. The number of fused-ring (bicyclic) bond motifs is 1. The Hall–Kier alpha value is -1.16. The van der Waals surface area contributed by atoms with Gasteiger partial charge >= 0.3 is 0 Å². The molecule has 0 atom stereocenters. The molecule has 1 aromatic heterocycles. The molecule has 1 N–H and O–H groups in total. The van der Waals surface area contributed by atoms with E-state index in [1.54, 1.807) is 6.33 Å². The van der Waals surface area contributed by atoms with Crippen LogP contribution in [0, 0.1) is 0 Å². The zero-order chi connectivity index (χ0) is 9.26. The van der Waals surface area contributed by atoms with E-state index in [-0.39, 0.29) is 0 Å². The van der Waals surface area contributed by atoms with E-state index in [4.69, 9.17) is 0 Å². The van der Waals surface area contributed by atoms with Crippen molar-refractivity contribution in [3.63, 3.8) is 0 Å². The Morgan fingerprint density at radius 1 is 1.54 bits per heavy atom. The molecule has 0 saturated heterocycles. The van der Waals surface area contributed by atoms with Gasteiger partial charge in [-0.15, -0.1) is 0 Å². The van der Waals surface area contributed by atoms with E-state index in [0.29, 0.717) is 10.9 Å². The number of benzene rings is 1. The first-order valence-electron chi connectivity index (χ1n) is 3.83. The molecule has 0 fully saturated rings. The van der Waals surface area contributed by atoms with Crippen molar-refractivity contribution in [1.82, 2.24) is 9.97 Å². The third-order valence-corrected chi connectivity index (χ3v) is 2.59. The molecule has 66 valence electrons. The first-order valence-corrected chi connectivity index (χ1v) is 4.95. The van der Waals surface area contributed by atoms with Gasteiger partial charge in [0.25, 0.3) is 0 Å². The number of aromatic amines is 1. The smallest absolute Gasteiger partial charge is 0.152 e. The Morgan fingerprint density at radius 3 is 3.08 bits per heavy atom. The standard InChI is InChI=1S/C9H7BrN2O/c10-3-6-1-2-8-9(7(6)4-13)12-5-11-8/h1-2,4-5H,3H2,(H,11,12). The van der Waals surface area contributed by atoms with Crippen molar-refractivity contribution in [2.45, 2.75) is 5.33 Å². The minimum atomic E-state index is 0.663. The molecule has 4 heteroatoms. The summed E-state index contributed by atoms with van der Waals surface area (Å²) >= 11 is 3.33. The number of carbonyl (C=O) groups excluding carboxylic acids is 1. The minimum Gasteiger partial charge on any atom is -0.345 e. The first kappa shape index (κ1) is 8.44. The van der Waals surface area contributed by atoms with Gasteiger partial charge in [-0.1, -0.05) is 22.0 Å². The van der Waals surface area contributed by atoms with Crippen molar-refractivity contribution in [3.8, 4) is 0 Å². The van der Waals surface area contributed by atoms with E-state index in [1.165, 1.54) is 0 Å². The van der Waals surface area contributed by atoms with E-state index in [0.717, 1.165) is 22.9 Å². The second kappa shape index (κ2) is 3.30. The van der Waals surface area contributed by atoms with Gasteiger partial charge in [0.2, 0.25) is 0 Å². The molecule has 0 aliphatic rings. The Kier molecular flexibility index (Phi) is 2.14. The molecular formula is C9H7BrN2O. The number of imidazole rings is 1. The third kappa shape index (κ3) is 1.27. The molecule has 2 rings (SSSR count). The van der Waals surface area contributed by atoms with Gasteiger partial charge < -0.3 is 4.98 Å². The summed E-state index contributed by atoms with van der Waals surface area (Å²) in [6.45, 7) is 0. The molecule has 0 unspecified atom stereocenters. The van der Waals surface area contributed by atoms with Crippen LogP contribution in [0.3, 0.4) is 0 Å². The largest absolute Gasteiger partial charge is 0.345 e. The number of H-pyrrole nitrogens is 1. The summed E-state index contributed by atoms with van der Waals surface area (Å²) in [6, 6.07) is 3.84. The zero-order valence-electron chi connectivity index (χ0n) is 6.75. The van der Waals surface area contributed by atoms with Crippen LogP contribution in [0.1, 0.15) is 15.9 Å². The fourth-order valence-electron chi connectivity index (χ4n) is 1.32. The van der Waals surface area contributed by atoms with E-state index in [9.17, 15) is 4.79 Å². The van der Waals surface area contributed by atoms with Gasteiger partial charge in [0.15, 0.2) is 6.29 Å². The molecule has 1 heterocycles. The number of alkyl halides is 1. The summed E-state index contributed by atoms with van der Waals surface area (Å²) in [7, 11) is 0. The van der Waals surface area contributed by atoms with Crippen molar-refractivity contribution < 1.29 is 4.79 Å². The summed E-state index contributed by atoms with van der Waals surface area (Å²) in [5, 5.41) is 0.671. The SMILES string of the molecule is O=Cc1c(CBr)ccc2[nH]cnc12. The number of halogens is 1. The lowest BCUT2D eigenvalue weighted by atomic mass is 10.1. The summed E-state index contributed by atoms with van der Waals surface area (Å²) in [4.78, 5) is 17.9.